The highest BCUT2D eigenvalue weighted by atomic mass is 32.2. The number of anilines is 1. The van der Waals surface area contributed by atoms with Crippen molar-refractivity contribution in [3.05, 3.63) is 41.7 Å². The van der Waals surface area contributed by atoms with E-state index in [4.69, 9.17) is 14.7 Å². The molecule has 0 fully saturated rings. The van der Waals surface area contributed by atoms with Gasteiger partial charge in [-0.3, -0.25) is 4.72 Å². The monoisotopic (exact) mass is 364 g/mol. The number of nitriles is 1. The Labute approximate surface area is 144 Å². The molecule has 0 radical (unpaired) electrons. The maximum absolute atomic E-state index is 11.8. The van der Waals surface area contributed by atoms with Gasteiger partial charge in [0.2, 0.25) is 21.8 Å². The van der Waals surface area contributed by atoms with Crippen molar-refractivity contribution < 1.29 is 23.0 Å². The Kier molecular flexibility index (Phi) is 5.74. The highest BCUT2D eigenvalue weighted by molar-refractivity contribution is 7.92. The van der Waals surface area contributed by atoms with Crippen LogP contribution in [0.15, 0.2) is 30.3 Å². The SMILES string of the molecule is COc1cc(OC)nc(C(O)c2ccccc2NS(=O)(=O)CC#N)n1. The van der Waals surface area contributed by atoms with Crippen molar-refractivity contribution >= 4 is 15.7 Å². The van der Waals surface area contributed by atoms with Gasteiger partial charge in [0.25, 0.3) is 0 Å². The summed E-state index contributed by atoms with van der Waals surface area (Å²) in [6.07, 6.45) is -1.34. The predicted octanol–water partition coefficient (Wildman–Crippen LogP) is 0.841. The van der Waals surface area contributed by atoms with Crippen LogP contribution in [0.2, 0.25) is 0 Å². The van der Waals surface area contributed by atoms with Gasteiger partial charge in [-0.1, -0.05) is 18.2 Å². The van der Waals surface area contributed by atoms with E-state index in [0.29, 0.717) is 0 Å². The fourth-order valence-electron chi connectivity index (χ4n) is 2.01. The maximum atomic E-state index is 11.8. The minimum atomic E-state index is -3.86. The Morgan fingerprint density at radius 3 is 2.40 bits per heavy atom. The topological polar surface area (TPSA) is 134 Å². The van der Waals surface area contributed by atoms with Crippen molar-refractivity contribution in [2.45, 2.75) is 6.10 Å². The molecule has 2 aromatic rings. The van der Waals surface area contributed by atoms with Crippen LogP contribution in [-0.4, -0.2) is 43.5 Å². The van der Waals surface area contributed by atoms with Gasteiger partial charge in [0.15, 0.2) is 11.6 Å². The standard InChI is InChI=1S/C15H16N4O5S/c1-23-12-9-13(24-2)18-15(17-12)14(20)10-5-3-4-6-11(10)19-25(21,22)8-7-16/h3-6,9,14,19-20H,8H2,1-2H3. The first-order chi connectivity index (χ1) is 11.9. The fraction of sp³-hybridized carbons (Fsp3) is 0.267. The van der Waals surface area contributed by atoms with E-state index >= 15 is 0 Å². The number of nitrogens with zero attached hydrogens (tertiary/aromatic N) is 3. The fourth-order valence-corrected chi connectivity index (χ4v) is 2.77. The van der Waals surface area contributed by atoms with Gasteiger partial charge in [0, 0.05) is 5.56 Å². The zero-order valence-corrected chi connectivity index (χ0v) is 14.3. The molecule has 0 aliphatic carbocycles. The number of rotatable bonds is 7. The lowest BCUT2D eigenvalue weighted by molar-refractivity contribution is 0.206. The molecule has 0 bridgehead atoms. The number of aliphatic hydroxyl groups is 1. The minimum absolute atomic E-state index is 0.0249. The summed E-state index contributed by atoms with van der Waals surface area (Å²) in [5.41, 5.74) is 0.343. The summed E-state index contributed by atoms with van der Waals surface area (Å²) in [6, 6.07) is 9.21. The molecule has 0 saturated heterocycles. The predicted molar refractivity (Wildman–Crippen MR) is 88.7 cm³/mol. The van der Waals surface area contributed by atoms with Crippen molar-refractivity contribution in [1.29, 1.82) is 5.26 Å². The van der Waals surface area contributed by atoms with Gasteiger partial charge >= 0.3 is 0 Å². The molecule has 0 amide bonds. The summed E-state index contributed by atoms with van der Waals surface area (Å²) in [5, 5.41) is 19.2. The largest absolute Gasteiger partial charge is 0.481 e. The molecule has 132 valence electrons. The Morgan fingerprint density at radius 1 is 1.24 bits per heavy atom. The number of benzene rings is 1. The van der Waals surface area contributed by atoms with E-state index in [1.807, 2.05) is 0 Å². The first-order valence-corrected chi connectivity index (χ1v) is 8.66. The van der Waals surface area contributed by atoms with Crippen molar-refractivity contribution in [1.82, 2.24) is 9.97 Å². The molecule has 9 nitrogen and oxygen atoms in total. The van der Waals surface area contributed by atoms with Crippen molar-refractivity contribution in [3.8, 4) is 17.8 Å². The highest BCUT2D eigenvalue weighted by Gasteiger charge is 2.21. The van der Waals surface area contributed by atoms with Gasteiger partial charge in [-0.15, -0.1) is 0 Å². The van der Waals surface area contributed by atoms with Crippen molar-refractivity contribution in [2.24, 2.45) is 0 Å². The number of sulfonamides is 1. The lowest BCUT2D eigenvalue weighted by atomic mass is 10.1. The van der Waals surface area contributed by atoms with E-state index in [2.05, 4.69) is 14.7 Å². The van der Waals surface area contributed by atoms with Gasteiger partial charge in [-0.05, 0) is 6.07 Å². The zero-order valence-electron chi connectivity index (χ0n) is 13.5. The van der Waals surface area contributed by atoms with E-state index < -0.39 is 21.9 Å². The van der Waals surface area contributed by atoms with E-state index in [0.717, 1.165) is 0 Å². The zero-order chi connectivity index (χ0) is 18.4. The van der Waals surface area contributed by atoms with Crippen LogP contribution >= 0.6 is 0 Å². The lowest BCUT2D eigenvalue weighted by Gasteiger charge is -2.16. The quantitative estimate of drug-likeness (QED) is 0.738. The van der Waals surface area contributed by atoms with Gasteiger partial charge in [0.05, 0.1) is 32.0 Å². The van der Waals surface area contributed by atoms with Crippen molar-refractivity contribution in [3.63, 3.8) is 0 Å². The Morgan fingerprint density at radius 2 is 1.84 bits per heavy atom. The molecule has 2 rings (SSSR count). The highest BCUT2D eigenvalue weighted by Crippen LogP contribution is 2.29. The van der Waals surface area contributed by atoms with Crippen LogP contribution in [0.5, 0.6) is 11.8 Å². The summed E-state index contributed by atoms with van der Waals surface area (Å²) < 4.78 is 36.0. The van der Waals surface area contributed by atoms with Gasteiger partial charge in [0.1, 0.15) is 6.10 Å². The van der Waals surface area contributed by atoms with E-state index in [1.165, 1.54) is 32.4 Å². The third kappa shape index (κ3) is 4.56. The number of hydrogen-bond donors (Lipinski definition) is 2. The Hall–Kier alpha value is -2.90. The van der Waals surface area contributed by atoms with Crippen LogP contribution in [0, 0.1) is 11.3 Å². The van der Waals surface area contributed by atoms with Crippen LogP contribution in [-0.2, 0) is 10.0 Å². The molecule has 1 unspecified atom stereocenters. The lowest BCUT2D eigenvalue weighted by Crippen LogP contribution is -2.18. The molecule has 10 heteroatoms. The normalized spacial score (nSPS) is 12.1. The average molecular weight is 364 g/mol. The molecule has 0 saturated carbocycles. The third-order valence-corrected chi connectivity index (χ3v) is 4.17. The number of nitrogens with one attached hydrogen (secondary N) is 1. The number of ether oxygens (including phenoxy) is 2. The number of methoxy groups -OCH3 is 2. The second-order valence-electron chi connectivity index (χ2n) is 4.82. The van der Waals surface area contributed by atoms with E-state index in [1.54, 1.807) is 18.2 Å². The minimum Gasteiger partial charge on any atom is -0.481 e. The van der Waals surface area contributed by atoms with E-state index in [-0.39, 0.29) is 28.8 Å². The summed E-state index contributed by atoms with van der Waals surface area (Å²) >= 11 is 0. The molecule has 1 atom stereocenters. The number of aromatic nitrogens is 2. The Bertz CT molecular complexity index is 873. The molecular formula is C15H16N4O5S. The molecular weight excluding hydrogens is 348 g/mol. The number of hydrogen-bond acceptors (Lipinski definition) is 8. The average Bonchev–Trinajstić information content (AvgIpc) is 2.60. The van der Waals surface area contributed by atoms with Crippen molar-refractivity contribution in [2.75, 3.05) is 24.7 Å². The second-order valence-corrected chi connectivity index (χ2v) is 6.54. The summed E-state index contributed by atoms with van der Waals surface area (Å²) in [7, 11) is -1.05. The molecule has 2 N–H and O–H groups in total. The van der Waals surface area contributed by atoms with Crippen LogP contribution in [0.4, 0.5) is 5.69 Å². The smallest absolute Gasteiger partial charge is 0.246 e. The molecule has 0 aliphatic rings. The van der Waals surface area contributed by atoms with Gasteiger partial charge in [-0.25, -0.2) is 8.42 Å². The molecule has 25 heavy (non-hydrogen) atoms. The van der Waals surface area contributed by atoms with Crippen LogP contribution in [0.3, 0.4) is 0 Å². The molecule has 1 heterocycles. The second kappa shape index (κ2) is 7.78. The van der Waals surface area contributed by atoms with Crippen LogP contribution in [0.1, 0.15) is 17.5 Å². The Balaban J connectivity index is 2.44. The molecule has 1 aromatic heterocycles. The molecule has 0 aliphatic heterocycles. The van der Waals surface area contributed by atoms with Crippen LogP contribution in [0.25, 0.3) is 0 Å². The number of para-hydroxylation sites is 1. The molecule has 0 spiro atoms. The summed E-state index contributed by atoms with van der Waals surface area (Å²) in [5.74, 6) is -0.365. The molecule has 1 aromatic carbocycles. The van der Waals surface area contributed by atoms with Gasteiger partial charge in [-0.2, -0.15) is 15.2 Å². The summed E-state index contributed by atoms with van der Waals surface area (Å²) in [4.78, 5) is 8.11. The first kappa shape index (κ1) is 18.4. The van der Waals surface area contributed by atoms with Gasteiger partial charge < -0.3 is 14.6 Å². The summed E-state index contributed by atoms with van der Waals surface area (Å²) in [6.45, 7) is 0. The van der Waals surface area contributed by atoms with E-state index in [9.17, 15) is 13.5 Å². The maximum Gasteiger partial charge on any atom is 0.246 e. The van der Waals surface area contributed by atoms with Crippen LogP contribution < -0.4 is 14.2 Å². The number of aliphatic hydroxyl groups excluding tert-OH is 1. The third-order valence-electron chi connectivity index (χ3n) is 3.13. The first-order valence-electron chi connectivity index (χ1n) is 7.01.